The van der Waals surface area contributed by atoms with Crippen LogP contribution in [0, 0.1) is 0 Å². The first-order valence-electron chi connectivity index (χ1n) is 24.0. The van der Waals surface area contributed by atoms with Crippen molar-refractivity contribution < 1.29 is 26.5 Å². The molecule has 0 aliphatic heterocycles. The Morgan fingerprint density at radius 1 is 0.180 bits per heavy atom. The predicted octanol–water partition coefficient (Wildman–Crippen LogP) is 18.2. The van der Waals surface area contributed by atoms with E-state index in [1.165, 1.54) is 283 Å². The number of unbranched alkanes of at least 4 members (excludes halogenated alkanes) is 42. The molecule has 0 bridgehead atoms. The minimum atomic E-state index is 0. The zero-order valence-corrected chi connectivity index (χ0v) is 37.0. The molecule has 2 heteroatoms. The molecule has 0 spiro atoms. The van der Waals surface area contributed by atoms with Crippen molar-refractivity contribution in [1.29, 1.82) is 0 Å². The summed E-state index contributed by atoms with van der Waals surface area (Å²) in [5, 5.41) is 0. The van der Waals surface area contributed by atoms with Crippen molar-refractivity contribution in [2.75, 3.05) is 13.2 Å². The van der Waals surface area contributed by atoms with E-state index in [0.29, 0.717) is 0 Å². The Kier molecular flexibility index (Phi) is 54.7. The van der Waals surface area contributed by atoms with E-state index < -0.39 is 0 Å². The summed E-state index contributed by atoms with van der Waals surface area (Å²) >= 11 is 0. The summed E-state index contributed by atoms with van der Waals surface area (Å²) in [6.07, 6.45) is 64.0. The third-order valence-electron chi connectivity index (χ3n) is 11.3. The molecule has 0 aliphatic rings. The zero-order chi connectivity index (χ0) is 35.2. The third-order valence-corrected chi connectivity index (χ3v) is 11.3. The van der Waals surface area contributed by atoms with E-state index in [2.05, 4.69) is 13.8 Å². The second kappa shape index (κ2) is 51.8. The van der Waals surface area contributed by atoms with Crippen LogP contribution in [0.1, 0.15) is 296 Å². The maximum absolute atomic E-state index is 5.92. The maximum atomic E-state index is 5.92. The first-order chi connectivity index (χ1) is 24.4. The van der Waals surface area contributed by atoms with Gasteiger partial charge in [-0.3, -0.25) is 0 Å². The van der Waals surface area contributed by atoms with E-state index in [9.17, 15) is 0 Å². The van der Waals surface area contributed by atoms with Gasteiger partial charge in [-0.15, -0.1) is 0 Å². The summed E-state index contributed by atoms with van der Waals surface area (Å²) in [6.45, 7) is 6.61. The fourth-order valence-electron chi connectivity index (χ4n) is 7.73. The van der Waals surface area contributed by atoms with Gasteiger partial charge in [-0.2, -0.15) is 0 Å². The topological polar surface area (TPSA) is 9.23 Å². The summed E-state index contributed by atoms with van der Waals surface area (Å²) < 4.78 is 5.92. The summed E-state index contributed by atoms with van der Waals surface area (Å²) in [6, 6.07) is 0. The van der Waals surface area contributed by atoms with Crippen LogP contribution in [0.3, 0.4) is 0 Å². The molecule has 0 amide bonds. The Balaban J connectivity index is 0. The Morgan fingerprint density at radius 2 is 0.300 bits per heavy atom. The molecule has 0 aliphatic carbocycles. The number of hydrogen-bond donors (Lipinski definition) is 0. The molecule has 1 nitrogen and oxygen atoms in total. The molecule has 300 valence electrons. The van der Waals surface area contributed by atoms with Crippen molar-refractivity contribution in [2.45, 2.75) is 296 Å². The molecule has 0 aromatic rings. The second-order valence-corrected chi connectivity index (χ2v) is 16.5. The molecule has 0 N–H and O–H groups in total. The molecule has 0 rings (SSSR count). The molecule has 50 heavy (non-hydrogen) atoms. The second-order valence-electron chi connectivity index (χ2n) is 16.5. The summed E-state index contributed by atoms with van der Waals surface area (Å²) in [5.74, 6) is 0. The van der Waals surface area contributed by atoms with Crippen molar-refractivity contribution in [3.05, 3.63) is 0 Å². The molecule has 0 aromatic heterocycles. The van der Waals surface area contributed by atoms with Gasteiger partial charge in [0, 0.05) is 34.9 Å². The normalized spacial score (nSPS) is 11.4. The van der Waals surface area contributed by atoms with E-state index in [1.54, 1.807) is 0 Å². The van der Waals surface area contributed by atoms with Gasteiger partial charge in [-0.1, -0.05) is 284 Å². The van der Waals surface area contributed by atoms with E-state index in [0.717, 1.165) is 13.2 Å². The van der Waals surface area contributed by atoms with E-state index >= 15 is 0 Å². The van der Waals surface area contributed by atoms with Crippen LogP contribution >= 0.6 is 0 Å². The predicted molar refractivity (Wildman–Crippen MR) is 225 cm³/mol. The molecule has 0 heterocycles. The Labute approximate surface area is 334 Å². The molecule has 0 unspecified atom stereocenters. The Hall–Kier alpha value is 0.674. The van der Waals surface area contributed by atoms with Crippen LogP contribution in [0.5, 0.6) is 0 Å². The Morgan fingerprint density at radius 3 is 0.440 bits per heavy atom. The average Bonchev–Trinajstić information content (AvgIpc) is 3.11. The zero-order valence-electron chi connectivity index (χ0n) is 35.4. The third kappa shape index (κ3) is 50.8. The van der Waals surface area contributed by atoms with Gasteiger partial charge < -0.3 is 4.74 Å². The average molecular weight is 739 g/mol. The maximum Gasteiger partial charge on any atom is 0.0466 e. The Bertz CT molecular complexity index is 490. The standard InChI is InChI=1S/C48H98O.Ti/c1-3-5-7-9-11-13-15-17-19-21-23-25-27-29-31-33-35-37-39-41-43-45-47-49-48-46-44-42-40-38-36-34-32-30-28-26-24-22-20-18-16-14-12-10-8-6-4-2;/h3-48H2,1-2H3;. The molecular formula is C48H98OTi. The van der Waals surface area contributed by atoms with Crippen molar-refractivity contribution in [3.8, 4) is 0 Å². The van der Waals surface area contributed by atoms with Crippen molar-refractivity contribution in [2.24, 2.45) is 0 Å². The van der Waals surface area contributed by atoms with Gasteiger partial charge in [-0.25, -0.2) is 0 Å². The van der Waals surface area contributed by atoms with Crippen molar-refractivity contribution in [1.82, 2.24) is 0 Å². The first-order valence-corrected chi connectivity index (χ1v) is 24.0. The van der Waals surface area contributed by atoms with E-state index in [4.69, 9.17) is 4.74 Å². The van der Waals surface area contributed by atoms with Crippen LogP contribution in [0.4, 0.5) is 0 Å². The van der Waals surface area contributed by atoms with Crippen molar-refractivity contribution >= 4 is 0 Å². The smallest absolute Gasteiger partial charge is 0.0466 e. The summed E-state index contributed by atoms with van der Waals surface area (Å²) in [7, 11) is 0. The molecule has 0 fully saturated rings. The van der Waals surface area contributed by atoms with Crippen LogP contribution in [-0.4, -0.2) is 13.2 Å². The van der Waals surface area contributed by atoms with Gasteiger partial charge in [0.1, 0.15) is 0 Å². The SMILES string of the molecule is CCCCCCCCCCCCCCCCCCCCCCCCOCCCCCCCCCCCCCCCCCCCCCCCC.[Ti]. The van der Waals surface area contributed by atoms with Crippen LogP contribution in [0.2, 0.25) is 0 Å². The van der Waals surface area contributed by atoms with Gasteiger partial charge in [0.15, 0.2) is 0 Å². The van der Waals surface area contributed by atoms with Crippen LogP contribution < -0.4 is 0 Å². The number of rotatable bonds is 46. The van der Waals surface area contributed by atoms with Crippen LogP contribution in [0.25, 0.3) is 0 Å². The fourth-order valence-corrected chi connectivity index (χ4v) is 7.73. The van der Waals surface area contributed by atoms with Gasteiger partial charge in [0.2, 0.25) is 0 Å². The van der Waals surface area contributed by atoms with Gasteiger partial charge in [0.25, 0.3) is 0 Å². The van der Waals surface area contributed by atoms with Crippen LogP contribution in [0.15, 0.2) is 0 Å². The fraction of sp³-hybridized carbons (Fsp3) is 1.00. The van der Waals surface area contributed by atoms with Gasteiger partial charge in [0.05, 0.1) is 0 Å². The molecular weight excluding hydrogens is 640 g/mol. The monoisotopic (exact) mass is 739 g/mol. The minimum Gasteiger partial charge on any atom is -0.381 e. The number of hydrogen-bond acceptors (Lipinski definition) is 1. The molecule has 0 saturated heterocycles. The van der Waals surface area contributed by atoms with E-state index in [1.807, 2.05) is 0 Å². The van der Waals surface area contributed by atoms with Gasteiger partial charge >= 0.3 is 0 Å². The minimum absolute atomic E-state index is 0. The molecule has 0 saturated carbocycles. The summed E-state index contributed by atoms with van der Waals surface area (Å²) in [5.41, 5.74) is 0. The quantitative estimate of drug-likeness (QED) is 0.0446. The molecule has 0 aromatic carbocycles. The molecule has 0 radical (unpaired) electrons. The van der Waals surface area contributed by atoms with Crippen molar-refractivity contribution in [3.63, 3.8) is 0 Å². The van der Waals surface area contributed by atoms with Gasteiger partial charge in [-0.05, 0) is 12.8 Å². The number of ether oxygens (including phenoxy) is 1. The summed E-state index contributed by atoms with van der Waals surface area (Å²) in [4.78, 5) is 0. The van der Waals surface area contributed by atoms with E-state index in [-0.39, 0.29) is 21.7 Å². The largest absolute Gasteiger partial charge is 0.381 e. The molecule has 0 atom stereocenters. The first kappa shape index (κ1) is 52.8. The van der Waals surface area contributed by atoms with Crippen LogP contribution in [-0.2, 0) is 26.5 Å².